The number of nitrogens with zero attached hydrogens (tertiary/aromatic N) is 5. The third kappa shape index (κ3) is 3.30. The quantitative estimate of drug-likeness (QED) is 0.675. The van der Waals surface area contributed by atoms with E-state index in [1.807, 2.05) is 25.1 Å². The standard InChI is InChI=1S/C9H8N2O.C6H7N3/c1-7-6-9(12)11-5-3-2-4-8(11)10-7;1-3-6-8-4-5-9(6)7-2/h2-6H,1H3;3-5H,1-2H2. The normalized spacial score (nSPS) is 9.76. The molecule has 0 aliphatic heterocycles. The van der Waals surface area contributed by atoms with Gasteiger partial charge in [-0.05, 0) is 25.1 Å². The van der Waals surface area contributed by atoms with Gasteiger partial charge >= 0.3 is 0 Å². The van der Waals surface area contributed by atoms with E-state index in [4.69, 9.17) is 0 Å². The van der Waals surface area contributed by atoms with Gasteiger partial charge in [-0.25, -0.2) is 14.6 Å². The fourth-order valence-electron chi connectivity index (χ4n) is 1.75. The molecule has 0 N–H and O–H groups in total. The van der Waals surface area contributed by atoms with Gasteiger partial charge in [-0.15, -0.1) is 0 Å². The zero-order valence-corrected chi connectivity index (χ0v) is 11.7. The van der Waals surface area contributed by atoms with Gasteiger partial charge in [0.2, 0.25) is 0 Å². The van der Waals surface area contributed by atoms with Crippen LogP contribution in [0.15, 0.2) is 59.3 Å². The van der Waals surface area contributed by atoms with Crippen LogP contribution in [0.1, 0.15) is 11.5 Å². The molecule has 3 aromatic heterocycles. The van der Waals surface area contributed by atoms with Crippen molar-refractivity contribution in [2.24, 2.45) is 5.10 Å². The summed E-state index contributed by atoms with van der Waals surface area (Å²) in [6.07, 6.45) is 6.69. The first-order valence-electron chi connectivity index (χ1n) is 6.23. The highest BCUT2D eigenvalue weighted by atomic mass is 16.1. The van der Waals surface area contributed by atoms with Gasteiger partial charge in [0, 0.05) is 37.1 Å². The fourth-order valence-corrected chi connectivity index (χ4v) is 1.75. The van der Waals surface area contributed by atoms with E-state index in [2.05, 4.69) is 28.4 Å². The van der Waals surface area contributed by atoms with Gasteiger partial charge in [0.15, 0.2) is 5.82 Å². The maximum absolute atomic E-state index is 11.3. The van der Waals surface area contributed by atoms with Crippen molar-refractivity contribution in [3.8, 4) is 0 Å². The second-order valence-electron chi connectivity index (χ2n) is 4.14. The van der Waals surface area contributed by atoms with Crippen molar-refractivity contribution >= 4 is 18.4 Å². The lowest BCUT2D eigenvalue weighted by molar-refractivity contribution is 0.872. The Balaban J connectivity index is 0.000000161. The van der Waals surface area contributed by atoms with Crippen LogP contribution in [0, 0.1) is 6.92 Å². The predicted octanol–water partition coefficient (Wildman–Crippen LogP) is 1.99. The van der Waals surface area contributed by atoms with E-state index < -0.39 is 0 Å². The average molecular weight is 281 g/mol. The van der Waals surface area contributed by atoms with E-state index in [1.54, 1.807) is 29.3 Å². The van der Waals surface area contributed by atoms with Gasteiger partial charge in [0.05, 0.1) is 0 Å². The van der Waals surface area contributed by atoms with Crippen LogP contribution in [0.3, 0.4) is 0 Å². The molecule has 0 radical (unpaired) electrons. The monoisotopic (exact) mass is 281 g/mol. The van der Waals surface area contributed by atoms with Gasteiger partial charge in [0.1, 0.15) is 5.65 Å². The summed E-state index contributed by atoms with van der Waals surface area (Å²) in [4.78, 5) is 19.4. The van der Waals surface area contributed by atoms with E-state index >= 15 is 0 Å². The second kappa shape index (κ2) is 6.42. The highest BCUT2D eigenvalue weighted by molar-refractivity contribution is 5.38. The second-order valence-corrected chi connectivity index (χ2v) is 4.14. The third-order valence-electron chi connectivity index (χ3n) is 2.68. The van der Waals surface area contributed by atoms with Gasteiger partial charge in [-0.3, -0.25) is 9.20 Å². The van der Waals surface area contributed by atoms with Crippen molar-refractivity contribution in [1.82, 2.24) is 19.0 Å². The largest absolute Gasteiger partial charge is 0.269 e. The van der Waals surface area contributed by atoms with Gasteiger partial charge in [-0.2, -0.15) is 5.10 Å². The molecule has 6 heteroatoms. The molecule has 0 fully saturated rings. The molecule has 106 valence electrons. The first-order chi connectivity index (χ1) is 10.2. The molecule has 6 nitrogen and oxygen atoms in total. The molecule has 21 heavy (non-hydrogen) atoms. The summed E-state index contributed by atoms with van der Waals surface area (Å²) in [5, 5.41) is 3.63. The van der Waals surface area contributed by atoms with Crippen molar-refractivity contribution in [3.63, 3.8) is 0 Å². The number of aromatic nitrogens is 4. The van der Waals surface area contributed by atoms with Gasteiger partial charge in [-0.1, -0.05) is 12.6 Å². The Hall–Kier alpha value is -3.02. The molecule has 3 aromatic rings. The minimum Gasteiger partial charge on any atom is -0.269 e. The van der Waals surface area contributed by atoms with Crippen LogP contribution < -0.4 is 5.56 Å². The third-order valence-corrected chi connectivity index (χ3v) is 2.68. The number of hydrogen-bond donors (Lipinski definition) is 0. The molecule has 0 saturated carbocycles. The fraction of sp³-hybridized carbons (Fsp3) is 0.0667. The number of imidazole rings is 1. The van der Waals surface area contributed by atoms with E-state index in [0.29, 0.717) is 11.5 Å². The lowest BCUT2D eigenvalue weighted by Gasteiger charge is -1.98. The number of pyridine rings is 1. The molecular weight excluding hydrogens is 266 g/mol. The summed E-state index contributed by atoms with van der Waals surface area (Å²) in [6, 6.07) is 7.01. The average Bonchev–Trinajstić information content (AvgIpc) is 2.95. The molecular formula is C15H15N5O. The zero-order valence-electron chi connectivity index (χ0n) is 11.7. The first kappa shape index (κ1) is 14.4. The summed E-state index contributed by atoms with van der Waals surface area (Å²) in [7, 11) is 0. The van der Waals surface area contributed by atoms with Crippen molar-refractivity contribution in [2.45, 2.75) is 6.92 Å². The molecule has 0 atom stereocenters. The molecule has 0 aliphatic carbocycles. The van der Waals surface area contributed by atoms with Crippen molar-refractivity contribution in [1.29, 1.82) is 0 Å². The first-order valence-corrected chi connectivity index (χ1v) is 6.23. The Kier molecular flexibility index (Phi) is 4.40. The van der Waals surface area contributed by atoms with Crippen LogP contribution >= 0.6 is 0 Å². The van der Waals surface area contributed by atoms with Crippen LogP contribution in [0.5, 0.6) is 0 Å². The molecule has 0 aromatic carbocycles. The highest BCUT2D eigenvalue weighted by Gasteiger charge is 1.95. The minimum atomic E-state index is -0.0295. The highest BCUT2D eigenvalue weighted by Crippen LogP contribution is 1.96. The lowest BCUT2D eigenvalue weighted by Crippen LogP contribution is -2.13. The SMILES string of the molecule is C=Cc1nccn1N=C.Cc1cc(=O)n2ccccc2n1. The van der Waals surface area contributed by atoms with Crippen molar-refractivity contribution < 1.29 is 0 Å². The Morgan fingerprint density at radius 3 is 2.81 bits per heavy atom. The van der Waals surface area contributed by atoms with E-state index in [-0.39, 0.29) is 5.56 Å². The Bertz CT molecular complexity index is 809. The smallest absolute Gasteiger partial charge is 0.258 e. The molecule has 0 amide bonds. The van der Waals surface area contributed by atoms with Crippen LogP contribution in [-0.2, 0) is 0 Å². The van der Waals surface area contributed by atoms with E-state index in [0.717, 1.165) is 5.69 Å². The maximum Gasteiger partial charge on any atom is 0.258 e. The summed E-state index contributed by atoms with van der Waals surface area (Å²) in [6.45, 7) is 8.69. The van der Waals surface area contributed by atoms with Crippen LogP contribution in [0.2, 0.25) is 0 Å². The van der Waals surface area contributed by atoms with E-state index in [9.17, 15) is 4.79 Å². The number of aryl methyl sites for hydroxylation is 1. The van der Waals surface area contributed by atoms with Crippen molar-refractivity contribution in [3.05, 3.63) is 71.3 Å². The molecule has 3 heterocycles. The summed E-state index contributed by atoms with van der Waals surface area (Å²) in [5.74, 6) is 0.713. The van der Waals surface area contributed by atoms with Crippen molar-refractivity contribution in [2.75, 3.05) is 0 Å². The van der Waals surface area contributed by atoms with Crippen LogP contribution in [0.4, 0.5) is 0 Å². The Morgan fingerprint density at radius 1 is 1.33 bits per heavy atom. The van der Waals surface area contributed by atoms with Gasteiger partial charge in [0.25, 0.3) is 5.56 Å². The topological polar surface area (TPSA) is 64.5 Å². The molecule has 0 saturated heterocycles. The molecule has 0 aliphatic rings. The predicted molar refractivity (Wildman–Crippen MR) is 83.5 cm³/mol. The van der Waals surface area contributed by atoms with Crippen LogP contribution in [-0.4, -0.2) is 25.8 Å². The summed E-state index contributed by atoms with van der Waals surface area (Å²) >= 11 is 0. The molecule has 0 spiro atoms. The Labute approximate surface area is 121 Å². The number of rotatable bonds is 2. The maximum atomic E-state index is 11.3. The van der Waals surface area contributed by atoms with Gasteiger partial charge < -0.3 is 0 Å². The zero-order chi connectivity index (χ0) is 15.2. The number of hydrogen-bond acceptors (Lipinski definition) is 4. The van der Waals surface area contributed by atoms with E-state index in [1.165, 1.54) is 10.5 Å². The minimum absolute atomic E-state index is 0.0295. The summed E-state index contributed by atoms with van der Waals surface area (Å²) < 4.78 is 3.07. The number of fused-ring (bicyclic) bond motifs is 1. The molecule has 3 rings (SSSR count). The molecule has 0 unspecified atom stereocenters. The Morgan fingerprint density at radius 2 is 2.14 bits per heavy atom. The molecule has 0 bridgehead atoms. The van der Waals surface area contributed by atoms with Crippen LogP contribution in [0.25, 0.3) is 11.7 Å². The summed E-state index contributed by atoms with van der Waals surface area (Å²) in [5.41, 5.74) is 1.42. The lowest BCUT2D eigenvalue weighted by atomic mass is 10.4.